The van der Waals surface area contributed by atoms with Gasteiger partial charge in [-0.1, -0.05) is 25.0 Å². The molecule has 1 heterocycles. The smallest absolute Gasteiger partial charge is 0.171 e. The quantitative estimate of drug-likeness (QED) is 0.827. The molecule has 1 aliphatic rings. The van der Waals surface area contributed by atoms with Gasteiger partial charge >= 0.3 is 0 Å². The fraction of sp³-hybridized carbons (Fsp3) is 0.353. The molecule has 2 aromatic rings. The number of nitrogens with one attached hydrogen (secondary N) is 2. The maximum absolute atomic E-state index is 5.64. The molecule has 1 fully saturated rings. The molecule has 0 spiro atoms. The van der Waals surface area contributed by atoms with E-state index in [1.807, 2.05) is 24.3 Å². The van der Waals surface area contributed by atoms with Crippen molar-refractivity contribution in [3.63, 3.8) is 0 Å². The number of thiocarbonyl (C=S) groups is 1. The Morgan fingerprint density at radius 1 is 1.19 bits per heavy atom. The van der Waals surface area contributed by atoms with Crippen LogP contribution in [-0.2, 0) is 5.54 Å². The van der Waals surface area contributed by atoms with E-state index in [-0.39, 0.29) is 5.54 Å². The fourth-order valence-corrected chi connectivity index (χ4v) is 3.38. The first-order chi connectivity index (χ1) is 10.2. The highest BCUT2D eigenvalue weighted by Gasteiger charge is 2.38. The highest BCUT2D eigenvalue weighted by Crippen LogP contribution is 2.39. The molecule has 0 aliphatic heterocycles. The summed E-state index contributed by atoms with van der Waals surface area (Å²) in [5.74, 6) is 0.980. The first-order valence-electron chi connectivity index (χ1n) is 7.38. The highest BCUT2D eigenvalue weighted by molar-refractivity contribution is 7.80. The van der Waals surface area contributed by atoms with Gasteiger partial charge < -0.3 is 15.1 Å². The molecule has 1 aromatic heterocycles. The molecule has 2 N–H and O–H groups in total. The molecule has 110 valence electrons. The molecule has 1 saturated carbocycles. The summed E-state index contributed by atoms with van der Waals surface area (Å²) in [6, 6.07) is 12.2. The van der Waals surface area contributed by atoms with E-state index < -0.39 is 0 Å². The van der Waals surface area contributed by atoms with Crippen molar-refractivity contribution >= 4 is 23.0 Å². The van der Waals surface area contributed by atoms with Crippen molar-refractivity contribution in [2.45, 2.75) is 38.1 Å². The fourth-order valence-electron chi connectivity index (χ4n) is 3.06. The molecule has 1 aliphatic carbocycles. The van der Waals surface area contributed by atoms with Crippen molar-refractivity contribution in [1.82, 2.24) is 5.32 Å². The lowest BCUT2D eigenvalue weighted by Gasteiger charge is -2.29. The third-order valence-corrected chi connectivity index (χ3v) is 4.28. The Balaban J connectivity index is 1.73. The predicted molar refractivity (Wildman–Crippen MR) is 89.4 cm³/mol. The van der Waals surface area contributed by atoms with Crippen molar-refractivity contribution in [2.24, 2.45) is 0 Å². The van der Waals surface area contributed by atoms with E-state index in [4.69, 9.17) is 16.6 Å². The number of anilines is 1. The molecule has 0 atom stereocenters. The monoisotopic (exact) mass is 300 g/mol. The Hall–Kier alpha value is -1.81. The molecule has 0 bridgehead atoms. The molecular weight excluding hydrogens is 280 g/mol. The topological polar surface area (TPSA) is 37.2 Å². The summed E-state index contributed by atoms with van der Waals surface area (Å²) in [6.07, 6.45) is 6.22. The Bertz CT molecular complexity index is 615. The average Bonchev–Trinajstić information content (AvgIpc) is 3.09. The number of benzene rings is 1. The molecule has 4 heteroatoms. The van der Waals surface area contributed by atoms with E-state index in [1.54, 1.807) is 6.26 Å². The number of hydrogen-bond donors (Lipinski definition) is 2. The van der Waals surface area contributed by atoms with Gasteiger partial charge in [-0.2, -0.15) is 0 Å². The summed E-state index contributed by atoms with van der Waals surface area (Å²) in [7, 11) is 0. The van der Waals surface area contributed by atoms with Gasteiger partial charge in [0.25, 0.3) is 0 Å². The molecule has 0 unspecified atom stereocenters. The second-order valence-electron chi connectivity index (χ2n) is 5.72. The van der Waals surface area contributed by atoms with E-state index in [1.165, 1.54) is 18.4 Å². The van der Waals surface area contributed by atoms with Gasteiger partial charge in [-0.15, -0.1) is 0 Å². The zero-order valence-corrected chi connectivity index (χ0v) is 13.0. The zero-order chi connectivity index (χ0) is 14.7. The molecule has 21 heavy (non-hydrogen) atoms. The van der Waals surface area contributed by atoms with E-state index in [9.17, 15) is 0 Å². The Labute approximate surface area is 130 Å². The number of hydrogen-bond acceptors (Lipinski definition) is 2. The van der Waals surface area contributed by atoms with Crippen LogP contribution in [0.1, 0.15) is 37.0 Å². The molecule has 0 amide bonds. The van der Waals surface area contributed by atoms with Gasteiger partial charge in [-0.25, -0.2) is 0 Å². The maximum atomic E-state index is 5.64. The van der Waals surface area contributed by atoms with Gasteiger partial charge in [0.1, 0.15) is 5.76 Å². The molecule has 3 nitrogen and oxygen atoms in total. The number of furan rings is 1. The molecule has 0 saturated heterocycles. The third-order valence-electron chi connectivity index (χ3n) is 4.08. The lowest BCUT2D eigenvalue weighted by atomic mass is 9.94. The van der Waals surface area contributed by atoms with Gasteiger partial charge in [0, 0.05) is 5.69 Å². The first kappa shape index (κ1) is 14.1. The Kier molecular flexibility index (Phi) is 3.97. The van der Waals surface area contributed by atoms with Gasteiger partial charge in [0.2, 0.25) is 0 Å². The van der Waals surface area contributed by atoms with Crippen LogP contribution in [0.5, 0.6) is 0 Å². The standard InChI is InChI=1S/C17H20N2OS/c1-13-6-4-7-14(12-13)18-16(21)19-17(9-2-3-10-17)15-8-5-11-20-15/h4-8,11-12H,2-3,9-10H2,1H3,(H2,18,19,21). The van der Waals surface area contributed by atoms with Crippen LogP contribution in [0, 0.1) is 6.92 Å². The average molecular weight is 300 g/mol. The van der Waals surface area contributed by atoms with Crippen LogP contribution in [-0.4, -0.2) is 5.11 Å². The zero-order valence-electron chi connectivity index (χ0n) is 12.2. The number of rotatable bonds is 3. The van der Waals surface area contributed by atoms with Crippen LogP contribution < -0.4 is 10.6 Å². The minimum Gasteiger partial charge on any atom is -0.467 e. The lowest BCUT2D eigenvalue weighted by molar-refractivity contribution is 0.317. The van der Waals surface area contributed by atoms with Crippen LogP contribution >= 0.6 is 12.2 Å². The van der Waals surface area contributed by atoms with Crippen molar-refractivity contribution in [3.05, 3.63) is 54.0 Å². The van der Waals surface area contributed by atoms with Gasteiger partial charge in [-0.3, -0.25) is 0 Å². The van der Waals surface area contributed by atoms with Crippen molar-refractivity contribution in [2.75, 3.05) is 5.32 Å². The van der Waals surface area contributed by atoms with Crippen molar-refractivity contribution in [3.8, 4) is 0 Å². The highest BCUT2D eigenvalue weighted by atomic mass is 32.1. The summed E-state index contributed by atoms with van der Waals surface area (Å²) in [4.78, 5) is 0. The Morgan fingerprint density at radius 3 is 2.67 bits per heavy atom. The lowest BCUT2D eigenvalue weighted by Crippen LogP contribution is -2.45. The second kappa shape index (κ2) is 5.90. The van der Waals surface area contributed by atoms with Gasteiger partial charge in [0.05, 0.1) is 11.8 Å². The SMILES string of the molecule is Cc1cccc(NC(=S)NC2(c3ccco3)CCCC2)c1. The third kappa shape index (κ3) is 3.10. The summed E-state index contributed by atoms with van der Waals surface area (Å²) in [6.45, 7) is 2.07. The molecular formula is C17H20N2OS. The van der Waals surface area contributed by atoms with E-state index in [2.05, 4.69) is 29.7 Å². The number of aryl methyl sites for hydroxylation is 1. The summed E-state index contributed by atoms with van der Waals surface area (Å²) < 4.78 is 5.64. The second-order valence-corrected chi connectivity index (χ2v) is 6.12. The minimum absolute atomic E-state index is 0.155. The van der Waals surface area contributed by atoms with Crippen molar-refractivity contribution < 1.29 is 4.42 Å². The van der Waals surface area contributed by atoms with Crippen LogP contribution in [0.4, 0.5) is 5.69 Å². The summed E-state index contributed by atoms with van der Waals surface area (Å²) in [5, 5.41) is 7.42. The summed E-state index contributed by atoms with van der Waals surface area (Å²) >= 11 is 5.50. The molecule has 0 radical (unpaired) electrons. The largest absolute Gasteiger partial charge is 0.467 e. The van der Waals surface area contributed by atoms with E-state index in [0.717, 1.165) is 24.3 Å². The normalized spacial score (nSPS) is 16.6. The first-order valence-corrected chi connectivity index (χ1v) is 7.79. The maximum Gasteiger partial charge on any atom is 0.171 e. The molecule has 3 rings (SSSR count). The van der Waals surface area contributed by atoms with Crippen LogP contribution in [0.2, 0.25) is 0 Å². The van der Waals surface area contributed by atoms with Crippen molar-refractivity contribution in [1.29, 1.82) is 0 Å². The predicted octanol–water partition coefficient (Wildman–Crippen LogP) is 4.34. The molecule has 1 aromatic carbocycles. The van der Waals surface area contributed by atoms with Crippen LogP contribution in [0.25, 0.3) is 0 Å². The van der Waals surface area contributed by atoms with Crippen LogP contribution in [0.15, 0.2) is 47.1 Å². The Morgan fingerprint density at radius 2 is 2.00 bits per heavy atom. The van der Waals surface area contributed by atoms with E-state index >= 15 is 0 Å². The van der Waals surface area contributed by atoms with E-state index in [0.29, 0.717) is 5.11 Å². The van der Waals surface area contributed by atoms with Gasteiger partial charge in [0.15, 0.2) is 5.11 Å². The van der Waals surface area contributed by atoms with Crippen LogP contribution in [0.3, 0.4) is 0 Å². The summed E-state index contributed by atoms with van der Waals surface area (Å²) in [5.41, 5.74) is 2.07. The van der Waals surface area contributed by atoms with Gasteiger partial charge in [-0.05, 0) is 61.8 Å². The minimum atomic E-state index is -0.155.